The van der Waals surface area contributed by atoms with Crippen LogP contribution in [0.5, 0.6) is 0 Å². The molecule has 0 aromatic heterocycles. The van der Waals surface area contributed by atoms with E-state index in [1.807, 2.05) is 0 Å². The Morgan fingerprint density at radius 2 is 0.980 bits per heavy atom. The second-order valence-corrected chi connectivity index (χ2v) is 14.8. The van der Waals surface area contributed by atoms with Gasteiger partial charge in [-0.1, -0.05) is 135 Å². The maximum Gasteiger partial charge on any atom is 0.0726 e. The number of aryl methyl sites for hydroxylation is 1. The zero-order valence-corrected chi connectivity index (χ0v) is 29.4. The smallest absolute Gasteiger partial charge is 0.0726 e. The molecule has 7 aromatic carbocycles. The minimum atomic E-state index is -0.414. The third-order valence-corrected chi connectivity index (χ3v) is 11.8. The Hall–Kier alpha value is -5.66. The predicted octanol–water partition coefficient (Wildman–Crippen LogP) is 13.2. The zero-order chi connectivity index (χ0) is 34.1. The molecule has 0 N–H and O–H groups in total. The summed E-state index contributed by atoms with van der Waals surface area (Å²) in [7, 11) is 0. The summed E-state index contributed by atoms with van der Waals surface area (Å²) in [5.74, 6) is 0.391. The minimum absolute atomic E-state index is 0.391. The first-order valence-electron chi connectivity index (χ1n) is 18.7. The van der Waals surface area contributed by atoms with Crippen LogP contribution in [0.4, 0.5) is 17.1 Å². The standard InChI is InChI=1S/C50H41N/c1-33(2)37-30-29-34-17-9-10-22-38(34)49(37)43-31-42-41-25-13-16-28-46(41)50(44-26-14-11-23-39(44)40-24-12-15-27-45(40)50)47(42)32-48(43)51(35-18-5-3-6-19-35)36-20-7-4-8-21-36/h3-8,11-16,18-21,23-33H,9-10,17,22H2,1-2H3. The largest absolute Gasteiger partial charge is 0.310 e. The summed E-state index contributed by atoms with van der Waals surface area (Å²) in [6.07, 6.45) is 4.78. The summed E-state index contributed by atoms with van der Waals surface area (Å²) in [5, 5.41) is 0. The molecule has 3 aliphatic carbocycles. The summed E-state index contributed by atoms with van der Waals surface area (Å²) >= 11 is 0. The molecule has 246 valence electrons. The fourth-order valence-corrected chi connectivity index (χ4v) is 9.74. The van der Waals surface area contributed by atoms with Gasteiger partial charge >= 0.3 is 0 Å². The molecule has 0 heterocycles. The van der Waals surface area contributed by atoms with E-state index in [2.05, 4.69) is 176 Å². The van der Waals surface area contributed by atoms with Gasteiger partial charge in [0, 0.05) is 16.9 Å². The fraction of sp³-hybridized carbons (Fsp3) is 0.160. The molecule has 0 radical (unpaired) electrons. The van der Waals surface area contributed by atoms with Crippen molar-refractivity contribution in [2.24, 2.45) is 0 Å². The van der Waals surface area contributed by atoms with E-state index in [9.17, 15) is 0 Å². The van der Waals surface area contributed by atoms with E-state index in [4.69, 9.17) is 0 Å². The Bertz CT molecular complexity index is 2370. The molecular formula is C50H41N. The first-order chi connectivity index (χ1) is 25.2. The average Bonchev–Trinajstić information content (AvgIpc) is 3.65. The van der Waals surface area contributed by atoms with Crippen molar-refractivity contribution in [3.63, 3.8) is 0 Å². The van der Waals surface area contributed by atoms with Crippen molar-refractivity contribution >= 4 is 17.1 Å². The highest BCUT2D eigenvalue weighted by Crippen LogP contribution is 2.64. The molecule has 3 aliphatic rings. The summed E-state index contributed by atoms with van der Waals surface area (Å²) in [6.45, 7) is 4.73. The molecule has 51 heavy (non-hydrogen) atoms. The van der Waals surface area contributed by atoms with Crippen molar-refractivity contribution in [1.29, 1.82) is 0 Å². The molecular weight excluding hydrogens is 615 g/mol. The topological polar surface area (TPSA) is 3.24 Å². The van der Waals surface area contributed by atoms with Crippen LogP contribution in [0.25, 0.3) is 33.4 Å². The van der Waals surface area contributed by atoms with Crippen LogP contribution in [0.1, 0.15) is 71.6 Å². The molecule has 0 bridgehead atoms. The van der Waals surface area contributed by atoms with Gasteiger partial charge in [0.25, 0.3) is 0 Å². The Morgan fingerprint density at radius 1 is 0.471 bits per heavy atom. The normalized spacial score (nSPS) is 14.5. The SMILES string of the molecule is CC(C)c1ccc2c(c1-c1cc3c(cc1N(c1ccccc1)c1ccccc1)C1(c4ccccc4-c4ccccc41)c1ccccc1-3)CCCC2. The van der Waals surface area contributed by atoms with Crippen LogP contribution in [0.15, 0.2) is 158 Å². The third-order valence-electron chi connectivity index (χ3n) is 11.8. The van der Waals surface area contributed by atoms with Crippen LogP contribution in [0.3, 0.4) is 0 Å². The molecule has 0 unspecified atom stereocenters. The lowest BCUT2D eigenvalue weighted by molar-refractivity contribution is 0.684. The Labute approximate surface area is 301 Å². The summed E-state index contributed by atoms with van der Waals surface area (Å²) < 4.78 is 0. The van der Waals surface area contributed by atoms with E-state index in [-0.39, 0.29) is 0 Å². The van der Waals surface area contributed by atoms with Crippen LogP contribution < -0.4 is 4.90 Å². The van der Waals surface area contributed by atoms with E-state index >= 15 is 0 Å². The van der Waals surface area contributed by atoms with E-state index < -0.39 is 5.41 Å². The highest BCUT2D eigenvalue weighted by atomic mass is 15.1. The van der Waals surface area contributed by atoms with Gasteiger partial charge in [0.1, 0.15) is 0 Å². The molecule has 0 amide bonds. The van der Waals surface area contributed by atoms with Gasteiger partial charge in [-0.3, -0.25) is 0 Å². The highest BCUT2D eigenvalue weighted by Gasteiger charge is 2.52. The van der Waals surface area contributed by atoms with Crippen LogP contribution in [0, 0.1) is 0 Å². The maximum absolute atomic E-state index is 2.59. The van der Waals surface area contributed by atoms with Gasteiger partial charge in [0.2, 0.25) is 0 Å². The average molecular weight is 656 g/mol. The lowest BCUT2D eigenvalue weighted by atomic mass is 9.70. The fourth-order valence-electron chi connectivity index (χ4n) is 9.74. The third kappa shape index (κ3) is 4.34. The van der Waals surface area contributed by atoms with Crippen LogP contribution in [-0.2, 0) is 18.3 Å². The lowest BCUT2D eigenvalue weighted by Crippen LogP contribution is -2.26. The van der Waals surface area contributed by atoms with Crippen molar-refractivity contribution in [2.75, 3.05) is 4.90 Å². The molecule has 1 heteroatoms. The predicted molar refractivity (Wildman–Crippen MR) is 214 cm³/mol. The number of fused-ring (bicyclic) bond motifs is 11. The molecule has 0 saturated carbocycles. The molecule has 0 fully saturated rings. The Morgan fingerprint density at radius 3 is 1.55 bits per heavy atom. The lowest BCUT2D eigenvalue weighted by Gasteiger charge is -2.34. The van der Waals surface area contributed by atoms with Crippen molar-refractivity contribution in [1.82, 2.24) is 0 Å². The molecule has 1 nitrogen and oxygen atoms in total. The van der Waals surface area contributed by atoms with Gasteiger partial charge < -0.3 is 4.90 Å². The highest BCUT2D eigenvalue weighted by molar-refractivity contribution is 6.00. The second-order valence-electron chi connectivity index (χ2n) is 14.8. The molecule has 10 rings (SSSR count). The van der Waals surface area contributed by atoms with Crippen LogP contribution in [-0.4, -0.2) is 0 Å². The quantitative estimate of drug-likeness (QED) is 0.178. The maximum atomic E-state index is 2.59. The van der Waals surface area contributed by atoms with Gasteiger partial charge in [-0.15, -0.1) is 0 Å². The molecule has 7 aromatic rings. The van der Waals surface area contributed by atoms with Gasteiger partial charge in [0.05, 0.1) is 11.1 Å². The number of nitrogens with zero attached hydrogens (tertiary/aromatic N) is 1. The van der Waals surface area contributed by atoms with Gasteiger partial charge in [-0.2, -0.15) is 0 Å². The van der Waals surface area contributed by atoms with Crippen molar-refractivity contribution < 1.29 is 0 Å². The van der Waals surface area contributed by atoms with Gasteiger partial charge in [-0.25, -0.2) is 0 Å². The van der Waals surface area contributed by atoms with E-state index in [0.717, 1.165) is 24.2 Å². The van der Waals surface area contributed by atoms with Crippen molar-refractivity contribution in [2.45, 2.75) is 50.9 Å². The van der Waals surface area contributed by atoms with E-state index in [1.165, 1.54) is 85.3 Å². The van der Waals surface area contributed by atoms with Crippen molar-refractivity contribution in [3.8, 4) is 33.4 Å². The van der Waals surface area contributed by atoms with E-state index in [0.29, 0.717) is 5.92 Å². The number of hydrogen-bond acceptors (Lipinski definition) is 1. The van der Waals surface area contributed by atoms with Crippen LogP contribution in [0.2, 0.25) is 0 Å². The monoisotopic (exact) mass is 655 g/mol. The minimum Gasteiger partial charge on any atom is -0.310 e. The number of rotatable bonds is 5. The first kappa shape index (κ1) is 30.2. The Kier molecular flexibility index (Phi) is 6.93. The molecule has 0 saturated heterocycles. The number of para-hydroxylation sites is 2. The van der Waals surface area contributed by atoms with Gasteiger partial charge in [0.15, 0.2) is 0 Å². The zero-order valence-electron chi connectivity index (χ0n) is 29.4. The van der Waals surface area contributed by atoms with Crippen LogP contribution >= 0.6 is 0 Å². The van der Waals surface area contributed by atoms with E-state index in [1.54, 1.807) is 5.56 Å². The Balaban J connectivity index is 1.39. The summed E-state index contributed by atoms with van der Waals surface area (Å²) in [4.78, 5) is 2.52. The number of hydrogen-bond donors (Lipinski definition) is 0. The van der Waals surface area contributed by atoms with Gasteiger partial charge in [-0.05, 0) is 135 Å². The second kappa shape index (κ2) is 11.7. The van der Waals surface area contributed by atoms with Crippen molar-refractivity contribution in [3.05, 3.63) is 197 Å². The first-order valence-corrected chi connectivity index (χ1v) is 18.7. The molecule has 1 spiro atoms. The molecule has 0 atom stereocenters. The summed E-state index contributed by atoms with van der Waals surface area (Å²) in [5.41, 5.74) is 21.3. The number of anilines is 3. The molecule has 0 aliphatic heterocycles. The summed E-state index contributed by atoms with van der Waals surface area (Å²) in [6, 6.07) is 59.5. The number of benzene rings is 7.